The zero-order valence-corrected chi connectivity index (χ0v) is 7.82. The largest absolute Gasteiger partial charge is 0.0776 e. The van der Waals surface area contributed by atoms with Gasteiger partial charge in [-0.05, 0) is 0 Å². The average molecular weight is 344 g/mol. The molecule has 0 fully saturated rings. The maximum Gasteiger partial charge on any atom is 0 e. The Labute approximate surface area is 70.5 Å². The summed E-state index contributed by atoms with van der Waals surface area (Å²) in [6.45, 7) is 0. The van der Waals surface area contributed by atoms with Gasteiger partial charge in [0.1, 0.15) is 0 Å². The normalized spacial score (nSPS) is 0. The third-order valence-corrected chi connectivity index (χ3v) is 0. The molecule has 24 valence electrons. The molecule has 0 amide bonds. The summed E-state index contributed by atoms with van der Waals surface area (Å²) >= 11 is 0. The Bertz CT molecular complexity index is 8.00. The summed E-state index contributed by atoms with van der Waals surface area (Å²) in [5, 5.41) is 0. The van der Waals surface area contributed by atoms with Crippen LogP contribution in [0.5, 0.6) is 0 Å². The molecule has 0 aliphatic heterocycles. The van der Waals surface area contributed by atoms with Crippen LogP contribution >= 0.6 is 0 Å². The molecule has 0 saturated carbocycles. The van der Waals surface area contributed by atoms with Gasteiger partial charge in [0.15, 0.2) is 0 Å². The molecular weight excluding hydrogens is 340 g/mol. The molecule has 0 aliphatic rings. The fraction of sp³-hybridized carbons (Fsp3) is 1.00. The smallest absolute Gasteiger partial charge is 0 e. The van der Waals surface area contributed by atoms with Crippen LogP contribution in [0.1, 0.15) is 7.43 Å². The predicted octanol–water partition coefficient (Wildman–Crippen LogP) is 0.629. The van der Waals surface area contributed by atoms with E-state index in [0.717, 1.165) is 0 Å². The molecule has 0 heterocycles. The maximum atomic E-state index is 0. The van der Waals surface area contributed by atoms with Gasteiger partial charge in [0.05, 0.1) is 0 Å². The summed E-state index contributed by atoms with van der Waals surface area (Å²) in [5.74, 6) is 0. The predicted molar refractivity (Wildman–Crippen MR) is 6.73 cm³/mol. The molecule has 0 aromatic heterocycles. The summed E-state index contributed by atoms with van der Waals surface area (Å²) in [4.78, 5) is 0. The van der Waals surface area contributed by atoms with Gasteiger partial charge in [-0.1, -0.05) is 7.43 Å². The van der Waals surface area contributed by atoms with Crippen molar-refractivity contribution in [2.45, 2.75) is 7.43 Å². The van der Waals surface area contributed by atoms with Crippen molar-refractivity contribution in [2.75, 3.05) is 0 Å². The topological polar surface area (TPSA) is 0 Å². The van der Waals surface area contributed by atoms with Crippen molar-refractivity contribution in [1.82, 2.24) is 0 Å². The van der Waals surface area contributed by atoms with Crippen molar-refractivity contribution in [2.24, 2.45) is 0 Å². The Kier molecular flexibility index (Phi) is 176. The van der Waals surface area contributed by atoms with E-state index in [-0.39, 0.29) is 71.3 Å². The summed E-state index contributed by atoms with van der Waals surface area (Å²) in [6, 6.07) is 0. The summed E-state index contributed by atoms with van der Waals surface area (Å²) in [7, 11) is 0. The second kappa shape index (κ2) is 19.5. The molecule has 0 aliphatic carbocycles. The SMILES string of the molecule is C.[Mo].[Ti].[W]. The van der Waals surface area contributed by atoms with Crippen molar-refractivity contribution in [3.63, 3.8) is 0 Å². The van der Waals surface area contributed by atoms with Crippen molar-refractivity contribution in [3.05, 3.63) is 0 Å². The number of rotatable bonds is 0. The summed E-state index contributed by atoms with van der Waals surface area (Å²) in [5.41, 5.74) is 0. The molecule has 0 aromatic carbocycles. The van der Waals surface area contributed by atoms with E-state index in [9.17, 15) is 0 Å². The van der Waals surface area contributed by atoms with Crippen LogP contribution in [0.2, 0.25) is 0 Å². The van der Waals surface area contributed by atoms with Crippen LogP contribution in [0.3, 0.4) is 0 Å². The molecule has 0 atom stereocenters. The van der Waals surface area contributed by atoms with E-state index in [0.29, 0.717) is 0 Å². The molecule has 0 radical (unpaired) electrons. The van der Waals surface area contributed by atoms with Gasteiger partial charge in [-0.2, -0.15) is 0 Å². The Balaban J connectivity index is 0. The molecule has 0 saturated heterocycles. The first-order valence-corrected chi connectivity index (χ1v) is 0. The average Bonchev–Trinajstić information content (AvgIpc) is 0. The Morgan fingerprint density at radius 3 is 1.00 bits per heavy atom. The van der Waals surface area contributed by atoms with E-state index in [1.165, 1.54) is 0 Å². The Morgan fingerprint density at radius 2 is 1.00 bits per heavy atom. The minimum Gasteiger partial charge on any atom is -0.0776 e. The van der Waals surface area contributed by atoms with Crippen LogP contribution < -0.4 is 0 Å². The minimum atomic E-state index is 0. The molecular formula is CH4MoTiW. The summed E-state index contributed by atoms with van der Waals surface area (Å²) in [6.07, 6.45) is 0. The first-order chi connectivity index (χ1) is 0. The molecule has 0 unspecified atom stereocenters. The minimum absolute atomic E-state index is 0. The molecule has 3 heteroatoms. The Morgan fingerprint density at radius 1 is 1.00 bits per heavy atom. The second-order valence-electron chi connectivity index (χ2n) is 0. The van der Waals surface area contributed by atoms with Gasteiger partial charge in [0.2, 0.25) is 0 Å². The van der Waals surface area contributed by atoms with Crippen LogP contribution in [0, 0.1) is 0 Å². The molecule has 0 bridgehead atoms. The van der Waals surface area contributed by atoms with E-state index in [1.807, 2.05) is 0 Å². The molecule has 0 N–H and O–H groups in total. The van der Waals surface area contributed by atoms with Crippen LogP contribution in [0.4, 0.5) is 0 Å². The number of hydrogen-bond donors (Lipinski definition) is 0. The third kappa shape index (κ3) is 8.94. The van der Waals surface area contributed by atoms with Gasteiger partial charge in [-0.15, -0.1) is 0 Å². The van der Waals surface area contributed by atoms with Gasteiger partial charge >= 0.3 is 0 Å². The second-order valence-corrected chi connectivity index (χ2v) is 0. The molecule has 4 heavy (non-hydrogen) atoms. The van der Waals surface area contributed by atoms with E-state index < -0.39 is 0 Å². The fourth-order valence-electron chi connectivity index (χ4n) is 0. The quantitative estimate of drug-likeness (QED) is 0.566. The first-order valence-electron chi connectivity index (χ1n) is 0. The first kappa shape index (κ1) is 36.1. The van der Waals surface area contributed by atoms with Gasteiger partial charge in [0, 0.05) is 63.8 Å². The Hall–Kier alpha value is 2.09. The molecule has 0 nitrogen and oxygen atoms in total. The van der Waals surface area contributed by atoms with Crippen LogP contribution in [0.25, 0.3) is 0 Å². The van der Waals surface area contributed by atoms with Crippen molar-refractivity contribution < 1.29 is 63.8 Å². The van der Waals surface area contributed by atoms with Crippen LogP contribution in [0.15, 0.2) is 0 Å². The van der Waals surface area contributed by atoms with E-state index in [1.54, 1.807) is 0 Å². The van der Waals surface area contributed by atoms with Gasteiger partial charge in [0.25, 0.3) is 0 Å². The zero-order chi connectivity index (χ0) is 0. The molecule has 0 spiro atoms. The van der Waals surface area contributed by atoms with Crippen molar-refractivity contribution in [3.8, 4) is 0 Å². The zero-order valence-electron chi connectivity index (χ0n) is 1.32. The van der Waals surface area contributed by atoms with E-state index >= 15 is 0 Å². The number of hydrogen-bond acceptors (Lipinski definition) is 0. The van der Waals surface area contributed by atoms with Gasteiger partial charge < -0.3 is 0 Å². The van der Waals surface area contributed by atoms with Gasteiger partial charge in [-0.3, -0.25) is 0 Å². The van der Waals surface area contributed by atoms with Crippen molar-refractivity contribution in [1.29, 1.82) is 0 Å². The molecule has 0 aromatic rings. The van der Waals surface area contributed by atoms with E-state index in [4.69, 9.17) is 0 Å². The monoisotopic (exact) mass is 346 g/mol. The van der Waals surface area contributed by atoms with E-state index in [2.05, 4.69) is 0 Å². The van der Waals surface area contributed by atoms with Gasteiger partial charge in [-0.25, -0.2) is 0 Å². The third-order valence-electron chi connectivity index (χ3n) is 0. The molecule has 0 rings (SSSR count). The van der Waals surface area contributed by atoms with Crippen LogP contribution in [-0.4, -0.2) is 0 Å². The standard InChI is InChI=1S/CH4.Mo.Ti.W/h1H4;;;. The summed E-state index contributed by atoms with van der Waals surface area (Å²) < 4.78 is 0. The fourth-order valence-corrected chi connectivity index (χ4v) is 0. The maximum absolute atomic E-state index is 0. The van der Waals surface area contributed by atoms with Crippen molar-refractivity contribution >= 4 is 0 Å². The van der Waals surface area contributed by atoms with Crippen LogP contribution in [-0.2, 0) is 63.8 Å².